The molecule has 0 spiro atoms. The van der Waals surface area contributed by atoms with Crippen molar-refractivity contribution in [3.05, 3.63) is 45.8 Å². The molecule has 1 saturated heterocycles. The molecule has 0 radical (unpaired) electrons. The van der Waals surface area contributed by atoms with Crippen LogP contribution >= 0.6 is 0 Å². The molecule has 1 fully saturated rings. The Kier molecular flexibility index (Phi) is 4.04. The number of piperazine rings is 1. The highest BCUT2D eigenvalue weighted by molar-refractivity contribution is 5.63. The first-order chi connectivity index (χ1) is 11.0. The van der Waals surface area contributed by atoms with Crippen LogP contribution in [0.4, 0.5) is 11.4 Å². The fourth-order valence-electron chi connectivity index (χ4n) is 3.05. The molecule has 1 N–H and O–H groups in total. The summed E-state index contributed by atoms with van der Waals surface area (Å²) < 4.78 is 1.66. The van der Waals surface area contributed by atoms with Gasteiger partial charge in [-0.3, -0.25) is 10.1 Å². The van der Waals surface area contributed by atoms with Crippen molar-refractivity contribution in [2.45, 2.75) is 13.8 Å². The van der Waals surface area contributed by atoms with E-state index in [4.69, 9.17) is 0 Å². The minimum absolute atomic E-state index is 0.0831. The molecule has 2 heterocycles. The molecular formula is C16H22N5O2+. The largest absolute Gasteiger partial charge is 0.360 e. The summed E-state index contributed by atoms with van der Waals surface area (Å²) in [5.74, 6) is 0. The Bertz CT molecular complexity index is 732. The van der Waals surface area contributed by atoms with Crippen LogP contribution < -0.4 is 9.80 Å². The first-order valence-electron chi connectivity index (χ1n) is 7.84. The maximum atomic E-state index is 11.4. The van der Waals surface area contributed by atoms with Crippen molar-refractivity contribution in [2.75, 3.05) is 38.1 Å². The van der Waals surface area contributed by atoms with Crippen molar-refractivity contribution in [3.8, 4) is 5.69 Å². The lowest BCUT2D eigenvalue weighted by Gasteiger charge is -2.31. The standard InChI is InChI=1S/C16H21N5O2/c1-12-10-13(2)20(17-12)16-11-14(4-5-15(16)21(22)23)19-8-6-18(3)7-9-19/h4-5,10-11H,6-9H2,1-3H3/p+1. The van der Waals surface area contributed by atoms with Crippen LogP contribution in [0.1, 0.15) is 11.4 Å². The van der Waals surface area contributed by atoms with Gasteiger partial charge in [-0.1, -0.05) is 0 Å². The van der Waals surface area contributed by atoms with E-state index in [0.29, 0.717) is 5.69 Å². The predicted octanol–water partition coefficient (Wildman–Crippen LogP) is 0.732. The minimum atomic E-state index is -0.344. The van der Waals surface area contributed by atoms with E-state index in [2.05, 4.69) is 17.0 Å². The molecule has 3 rings (SSSR count). The number of nitro groups is 1. The Morgan fingerprint density at radius 1 is 1.22 bits per heavy atom. The summed E-state index contributed by atoms with van der Waals surface area (Å²) in [5, 5.41) is 15.8. The Hall–Kier alpha value is -2.41. The van der Waals surface area contributed by atoms with E-state index < -0.39 is 0 Å². The Morgan fingerprint density at radius 2 is 1.91 bits per heavy atom. The third kappa shape index (κ3) is 3.05. The highest BCUT2D eigenvalue weighted by atomic mass is 16.6. The van der Waals surface area contributed by atoms with Crippen LogP contribution in [0.15, 0.2) is 24.3 Å². The van der Waals surface area contributed by atoms with Gasteiger partial charge < -0.3 is 9.80 Å². The molecule has 0 unspecified atom stereocenters. The van der Waals surface area contributed by atoms with E-state index in [1.165, 1.54) is 4.90 Å². The quantitative estimate of drug-likeness (QED) is 0.670. The zero-order valence-corrected chi connectivity index (χ0v) is 13.7. The van der Waals surface area contributed by atoms with Gasteiger partial charge in [-0.2, -0.15) is 5.10 Å². The van der Waals surface area contributed by atoms with Crippen molar-refractivity contribution < 1.29 is 9.82 Å². The molecule has 122 valence electrons. The number of anilines is 1. The summed E-state index contributed by atoms with van der Waals surface area (Å²) in [6.45, 7) is 7.87. The highest BCUT2D eigenvalue weighted by Crippen LogP contribution is 2.29. The molecule has 1 aromatic carbocycles. The summed E-state index contributed by atoms with van der Waals surface area (Å²) in [6.07, 6.45) is 0. The van der Waals surface area contributed by atoms with Gasteiger partial charge >= 0.3 is 0 Å². The molecule has 1 aliphatic heterocycles. The second-order valence-corrected chi connectivity index (χ2v) is 6.21. The average molecular weight is 316 g/mol. The van der Waals surface area contributed by atoms with E-state index in [0.717, 1.165) is 43.3 Å². The van der Waals surface area contributed by atoms with Gasteiger partial charge in [0.05, 0.1) is 43.8 Å². The normalized spacial score (nSPS) is 15.9. The highest BCUT2D eigenvalue weighted by Gasteiger charge is 2.22. The predicted molar refractivity (Wildman–Crippen MR) is 88.5 cm³/mol. The molecule has 0 bridgehead atoms. The average Bonchev–Trinajstić information content (AvgIpc) is 2.86. The molecule has 0 amide bonds. The number of hydrogen-bond acceptors (Lipinski definition) is 4. The van der Waals surface area contributed by atoms with E-state index in [1.807, 2.05) is 32.0 Å². The molecule has 7 heteroatoms. The van der Waals surface area contributed by atoms with Crippen LogP contribution in [0.3, 0.4) is 0 Å². The summed E-state index contributed by atoms with van der Waals surface area (Å²) in [5.41, 5.74) is 3.38. The fourth-order valence-corrected chi connectivity index (χ4v) is 3.05. The first kappa shape index (κ1) is 15.5. The van der Waals surface area contributed by atoms with Crippen molar-refractivity contribution in [3.63, 3.8) is 0 Å². The number of hydrogen-bond donors (Lipinski definition) is 1. The van der Waals surface area contributed by atoms with Crippen LogP contribution in [-0.4, -0.2) is 47.9 Å². The van der Waals surface area contributed by atoms with Crippen molar-refractivity contribution in [1.82, 2.24) is 9.78 Å². The molecule has 23 heavy (non-hydrogen) atoms. The van der Waals surface area contributed by atoms with E-state index in [9.17, 15) is 10.1 Å². The zero-order chi connectivity index (χ0) is 16.6. The second-order valence-electron chi connectivity index (χ2n) is 6.21. The molecule has 0 saturated carbocycles. The molecule has 1 aliphatic rings. The maximum Gasteiger partial charge on any atom is 0.295 e. The molecule has 7 nitrogen and oxygen atoms in total. The van der Waals surface area contributed by atoms with E-state index in [-0.39, 0.29) is 10.6 Å². The molecule has 2 aromatic rings. The van der Waals surface area contributed by atoms with E-state index >= 15 is 0 Å². The smallest absolute Gasteiger partial charge is 0.295 e. The van der Waals surface area contributed by atoms with Gasteiger partial charge in [0.15, 0.2) is 0 Å². The lowest BCUT2D eigenvalue weighted by atomic mass is 10.2. The fraction of sp³-hybridized carbons (Fsp3) is 0.438. The Labute approximate surface area is 135 Å². The number of aromatic nitrogens is 2. The summed E-state index contributed by atoms with van der Waals surface area (Å²) in [4.78, 5) is 14.8. The molecular weight excluding hydrogens is 294 g/mol. The summed E-state index contributed by atoms with van der Waals surface area (Å²) in [7, 11) is 2.19. The van der Waals surface area contributed by atoms with Crippen LogP contribution in [0.2, 0.25) is 0 Å². The lowest BCUT2D eigenvalue weighted by molar-refractivity contribution is -0.880. The first-order valence-corrected chi connectivity index (χ1v) is 7.84. The topological polar surface area (TPSA) is 68.6 Å². The van der Waals surface area contributed by atoms with Crippen LogP contribution in [-0.2, 0) is 0 Å². The maximum absolute atomic E-state index is 11.4. The van der Waals surface area contributed by atoms with Gasteiger partial charge in [-0.15, -0.1) is 0 Å². The number of benzene rings is 1. The third-order valence-corrected chi connectivity index (χ3v) is 4.38. The minimum Gasteiger partial charge on any atom is -0.360 e. The van der Waals surface area contributed by atoms with Crippen LogP contribution in [0.25, 0.3) is 5.69 Å². The Balaban J connectivity index is 2.03. The van der Waals surface area contributed by atoms with Crippen molar-refractivity contribution in [2.24, 2.45) is 0 Å². The number of nitrogens with zero attached hydrogens (tertiary/aromatic N) is 4. The lowest BCUT2D eigenvalue weighted by Crippen LogP contribution is -3.12. The number of rotatable bonds is 3. The molecule has 1 aromatic heterocycles. The van der Waals surface area contributed by atoms with Crippen molar-refractivity contribution >= 4 is 11.4 Å². The van der Waals surface area contributed by atoms with Gasteiger partial charge in [0, 0.05) is 17.4 Å². The second kappa shape index (κ2) is 6.00. The van der Waals surface area contributed by atoms with Gasteiger partial charge in [0.1, 0.15) is 5.69 Å². The zero-order valence-electron chi connectivity index (χ0n) is 13.7. The number of aryl methyl sites for hydroxylation is 2. The van der Waals surface area contributed by atoms with Gasteiger partial charge in [-0.25, -0.2) is 4.68 Å². The van der Waals surface area contributed by atoms with Crippen LogP contribution in [0.5, 0.6) is 0 Å². The molecule has 0 atom stereocenters. The summed E-state index contributed by atoms with van der Waals surface area (Å²) in [6, 6.07) is 7.24. The SMILES string of the molecule is Cc1cc(C)n(-c2cc(N3CC[NH+](C)CC3)ccc2[N+](=O)[O-])n1. The molecule has 0 aliphatic carbocycles. The monoisotopic (exact) mass is 316 g/mol. The van der Waals surface area contributed by atoms with E-state index in [1.54, 1.807) is 10.7 Å². The number of likely N-dealkylation sites (N-methyl/N-ethyl adjacent to an activating group) is 1. The Morgan fingerprint density at radius 3 is 2.48 bits per heavy atom. The summed E-state index contributed by atoms with van der Waals surface area (Å²) >= 11 is 0. The third-order valence-electron chi connectivity index (χ3n) is 4.38. The van der Waals surface area contributed by atoms with Gasteiger partial charge in [-0.05, 0) is 32.0 Å². The number of nitrogens with one attached hydrogen (secondary N) is 1. The van der Waals surface area contributed by atoms with Gasteiger partial charge in [0.25, 0.3) is 5.69 Å². The number of quaternary nitrogens is 1. The van der Waals surface area contributed by atoms with Gasteiger partial charge in [0.2, 0.25) is 0 Å². The van der Waals surface area contributed by atoms with Crippen molar-refractivity contribution in [1.29, 1.82) is 0 Å². The van der Waals surface area contributed by atoms with Crippen LogP contribution in [0, 0.1) is 24.0 Å². The number of nitro benzene ring substituents is 1.